The lowest BCUT2D eigenvalue weighted by Crippen LogP contribution is -2.44. The zero-order chi connectivity index (χ0) is 10.9. The summed E-state index contributed by atoms with van der Waals surface area (Å²) in [5.41, 5.74) is 6.00. The van der Waals surface area contributed by atoms with E-state index in [1.165, 1.54) is 0 Å². The summed E-state index contributed by atoms with van der Waals surface area (Å²) < 4.78 is 0. The van der Waals surface area contributed by atoms with Gasteiger partial charge in [-0.2, -0.15) is 0 Å². The quantitative estimate of drug-likeness (QED) is 0.685. The average molecular weight is 198 g/mol. The maximum atomic E-state index is 11.8. The van der Waals surface area contributed by atoms with Gasteiger partial charge in [0, 0.05) is 26.1 Å². The Bertz CT molecular complexity index is 215. The van der Waals surface area contributed by atoms with Crippen molar-refractivity contribution < 1.29 is 4.79 Å². The molecule has 0 aromatic carbocycles. The van der Waals surface area contributed by atoms with Gasteiger partial charge in [-0.25, -0.2) is 0 Å². The molecule has 0 aromatic heterocycles. The lowest BCUT2D eigenvalue weighted by molar-refractivity contribution is -0.136. The molecule has 1 amide bonds. The SMILES string of the molecule is CC1CC(C)C(C(=O)N(C)C)CC1N. The highest BCUT2D eigenvalue weighted by atomic mass is 16.2. The second-order valence-electron chi connectivity index (χ2n) is 4.93. The Labute approximate surface area is 86.6 Å². The highest BCUT2D eigenvalue weighted by Gasteiger charge is 2.35. The molecule has 0 aromatic rings. The van der Waals surface area contributed by atoms with Gasteiger partial charge in [-0.3, -0.25) is 4.79 Å². The number of carbonyl (C=O) groups excluding carboxylic acids is 1. The standard InChI is InChI=1S/C11H22N2O/c1-7-5-8(2)10(12)6-9(7)11(14)13(3)4/h7-10H,5-6,12H2,1-4H3. The van der Waals surface area contributed by atoms with Crippen LogP contribution in [0.3, 0.4) is 0 Å². The van der Waals surface area contributed by atoms with E-state index in [1.54, 1.807) is 4.90 Å². The van der Waals surface area contributed by atoms with Crippen LogP contribution in [0.2, 0.25) is 0 Å². The van der Waals surface area contributed by atoms with Gasteiger partial charge in [-0.1, -0.05) is 13.8 Å². The zero-order valence-corrected chi connectivity index (χ0v) is 9.66. The molecule has 0 bridgehead atoms. The average Bonchev–Trinajstić information content (AvgIpc) is 2.10. The molecular formula is C11H22N2O. The summed E-state index contributed by atoms with van der Waals surface area (Å²) >= 11 is 0. The molecule has 4 unspecified atom stereocenters. The minimum atomic E-state index is 0.135. The summed E-state index contributed by atoms with van der Waals surface area (Å²) in [5.74, 6) is 1.40. The fourth-order valence-electron chi connectivity index (χ4n) is 2.36. The number of carbonyl (C=O) groups is 1. The van der Waals surface area contributed by atoms with Gasteiger partial charge in [-0.05, 0) is 24.7 Å². The number of rotatable bonds is 1. The first-order valence-electron chi connectivity index (χ1n) is 5.40. The van der Waals surface area contributed by atoms with E-state index in [4.69, 9.17) is 5.73 Å². The fraction of sp³-hybridized carbons (Fsp3) is 0.909. The Morgan fingerprint density at radius 3 is 2.29 bits per heavy atom. The molecule has 82 valence electrons. The predicted molar refractivity (Wildman–Crippen MR) is 57.7 cm³/mol. The van der Waals surface area contributed by atoms with Gasteiger partial charge in [-0.15, -0.1) is 0 Å². The zero-order valence-electron chi connectivity index (χ0n) is 9.66. The summed E-state index contributed by atoms with van der Waals surface area (Å²) in [5, 5.41) is 0. The summed E-state index contributed by atoms with van der Waals surface area (Å²) in [6.45, 7) is 4.34. The van der Waals surface area contributed by atoms with E-state index < -0.39 is 0 Å². The summed E-state index contributed by atoms with van der Waals surface area (Å²) in [6.07, 6.45) is 1.92. The normalized spacial score (nSPS) is 38.1. The number of nitrogens with two attached hydrogens (primary N) is 1. The number of amides is 1. The van der Waals surface area contributed by atoms with Crippen molar-refractivity contribution in [2.45, 2.75) is 32.7 Å². The van der Waals surface area contributed by atoms with Crippen LogP contribution in [0.15, 0.2) is 0 Å². The van der Waals surface area contributed by atoms with E-state index in [0.717, 1.165) is 12.8 Å². The first-order chi connectivity index (χ1) is 6.43. The maximum Gasteiger partial charge on any atom is 0.225 e. The highest BCUT2D eigenvalue weighted by molar-refractivity contribution is 5.78. The maximum absolute atomic E-state index is 11.8. The Hall–Kier alpha value is -0.570. The molecule has 0 aliphatic heterocycles. The van der Waals surface area contributed by atoms with Gasteiger partial charge in [0.25, 0.3) is 0 Å². The van der Waals surface area contributed by atoms with Crippen molar-refractivity contribution in [3.05, 3.63) is 0 Å². The highest BCUT2D eigenvalue weighted by Crippen LogP contribution is 2.33. The van der Waals surface area contributed by atoms with Crippen molar-refractivity contribution in [3.8, 4) is 0 Å². The van der Waals surface area contributed by atoms with Crippen LogP contribution < -0.4 is 5.73 Å². The lowest BCUT2D eigenvalue weighted by atomic mass is 9.72. The molecule has 4 atom stereocenters. The molecule has 1 saturated carbocycles. The van der Waals surface area contributed by atoms with E-state index in [-0.39, 0.29) is 17.9 Å². The minimum absolute atomic E-state index is 0.135. The van der Waals surface area contributed by atoms with Crippen molar-refractivity contribution >= 4 is 5.91 Å². The van der Waals surface area contributed by atoms with Crippen LogP contribution in [0.4, 0.5) is 0 Å². The summed E-state index contributed by atoms with van der Waals surface area (Å²) in [7, 11) is 3.64. The van der Waals surface area contributed by atoms with Gasteiger partial charge >= 0.3 is 0 Å². The molecule has 14 heavy (non-hydrogen) atoms. The molecule has 1 aliphatic carbocycles. The third-order valence-corrected chi connectivity index (χ3v) is 3.45. The third-order valence-electron chi connectivity index (χ3n) is 3.45. The third kappa shape index (κ3) is 2.27. The van der Waals surface area contributed by atoms with Crippen molar-refractivity contribution in [1.29, 1.82) is 0 Å². The van der Waals surface area contributed by atoms with Crippen LogP contribution in [0.1, 0.15) is 26.7 Å². The van der Waals surface area contributed by atoms with E-state index in [9.17, 15) is 4.79 Å². The molecule has 1 fully saturated rings. The predicted octanol–water partition coefficient (Wildman–Crippen LogP) is 1.08. The topological polar surface area (TPSA) is 46.3 Å². The first-order valence-corrected chi connectivity index (χ1v) is 5.40. The molecule has 1 rings (SSSR count). The minimum Gasteiger partial charge on any atom is -0.349 e. The second-order valence-corrected chi connectivity index (χ2v) is 4.93. The van der Waals surface area contributed by atoms with E-state index in [2.05, 4.69) is 13.8 Å². The van der Waals surface area contributed by atoms with Crippen LogP contribution in [0, 0.1) is 17.8 Å². The Morgan fingerprint density at radius 2 is 1.79 bits per heavy atom. The van der Waals surface area contributed by atoms with Gasteiger partial charge < -0.3 is 10.6 Å². The van der Waals surface area contributed by atoms with E-state index in [0.29, 0.717) is 11.8 Å². The van der Waals surface area contributed by atoms with Crippen LogP contribution in [-0.2, 0) is 4.79 Å². The van der Waals surface area contributed by atoms with Gasteiger partial charge in [0.2, 0.25) is 5.91 Å². The summed E-state index contributed by atoms with van der Waals surface area (Å²) in [4.78, 5) is 13.5. The smallest absolute Gasteiger partial charge is 0.225 e. The Morgan fingerprint density at radius 1 is 1.21 bits per heavy atom. The van der Waals surface area contributed by atoms with Crippen LogP contribution in [0.5, 0.6) is 0 Å². The molecular weight excluding hydrogens is 176 g/mol. The first kappa shape index (κ1) is 11.5. The number of nitrogens with zero attached hydrogens (tertiary/aromatic N) is 1. The van der Waals surface area contributed by atoms with Gasteiger partial charge in [0.1, 0.15) is 0 Å². The van der Waals surface area contributed by atoms with E-state index in [1.807, 2.05) is 14.1 Å². The van der Waals surface area contributed by atoms with Crippen LogP contribution in [-0.4, -0.2) is 30.9 Å². The van der Waals surface area contributed by atoms with Crippen molar-refractivity contribution in [1.82, 2.24) is 4.90 Å². The van der Waals surface area contributed by atoms with Crippen LogP contribution in [0.25, 0.3) is 0 Å². The number of hydrogen-bond donors (Lipinski definition) is 1. The molecule has 0 saturated heterocycles. The van der Waals surface area contributed by atoms with Crippen molar-refractivity contribution in [3.63, 3.8) is 0 Å². The van der Waals surface area contributed by atoms with Gasteiger partial charge in [0.05, 0.1) is 0 Å². The lowest BCUT2D eigenvalue weighted by Gasteiger charge is -2.37. The molecule has 0 heterocycles. The Kier molecular flexibility index (Phi) is 3.53. The van der Waals surface area contributed by atoms with Crippen molar-refractivity contribution in [2.24, 2.45) is 23.5 Å². The van der Waals surface area contributed by atoms with Gasteiger partial charge in [0.15, 0.2) is 0 Å². The van der Waals surface area contributed by atoms with Crippen molar-refractivity contribution in [2.75, 3.05) is 14.1 Å². The monoisotopic (exact) mass is 198 g/mol. The molecule has 0 radical (unpaired) electrons. The molecule has 2 N–H and O–H groups in total. The van der Waals surface area contributed by atoms with Crippen LogP contribution >= 0.6 is 0 Å². The molecule has 1 aliphatic rings. The largest absolute Gasteiger partial charge is 0.349 e. The Balaban J connectivity index is 2.66. The summed E-state index contributed by atoms with van der Waals surface area (Å²) in [6, 6.07) is 0.195. The van der Waals surface area contributed by atoms with E-state index >= 15 is 0 Å². The molecule has 0 spiro atoms. The molecule has 3 nitrogen and oxygen atoms in total. The number of hydrogen-bond acceptors (Lipinski definition) is 2. The molecule has 3 heteroatoms. The second kappa shape index (κ2) is 4.30. The fourth-order valence-corrected chi connectivity index (χ4v) is 2.36.